The van der Waals surface area contributed by atoms with E-state index in [-0.39, 0.29) is 5.54 Å². The molecule has 0 aromatic heterocycles. The predicted molar refractivity (Wildman–Crippen MR) is 75.2 cm³/mol. The van der Waals surface area contributed by atoms with Gasteiger partial charge >= 0.3 is 0 Å². The van der Waals surface area contributed by atoms with E-state index in [1.54, 1.807) is 0 Å². The Bertz CT molecular complexity index is 408. The highest BCUT2D eigenvalue weighted by molar-refractivity contribution is 5.47. The lowest BCUT2D eigenvalue weighted by Gasteiger charge is -2.37. The number of para-hydroxylation sites is 1. The summed E-state index contributed by atoms with van der Waals surface area (Å²) in [6.45, 7) is 4.57. The van der Waals surface area contributed by atoms with Gasteiger partial charge in [-0.1, -0.05) is 32.0 Å². The van der Waals surface area contributed by atoms with Gasteiger partial charge in [-0.2, -0.15) is 5.26 Å². The van der Waals surface area contributed by atoms with Crippen LogP contribution < -0.4 is 5.32 Å². The summed E-state index contributed by atoms with van der Waals surface area (Å²) in [5.74, 6) is 1.52. The highest BCUT2D eigenvalue weighted by atomic mass is 15.0. The van der Waals surface area contributed by atoms with E-state index in [0.717, 1.165) is 43.2 Å². The third-order valence-electron chi connectivity index (χ3n) is 4.20. The summed E-state index contributed by atoms with van der Waals surface area (Å²) >= 11 is 0. The minimum Gasteiger partial charge on any atom is -0.367 e. The monoisotopic (exact) mass is 242 g/mol. The highest BCUT2D eigenvalue weighted by Crippen LogP contribution is 2.37. The summed E-state index contributed by atoms with van der Waals surface area (Å²) in [4.78, 5) is 0. The number of anilines is 1. The van der Waals surface area contributed by atoms with Crippen LogP contribution in [0.15, 0.2) is 30.3 Å². The summed E-state index contributed by atoms with van der Waals surface area (Å²) in [5.41, 5.74) is 0.703. The largest absolute Gasteiger partial charge is 0.367 e. The Labute approximate surface area is 110 Å². The quantitative estimate of drug-likeness (QED) is 0.862. The second-order valence-electron chi connectivity index (χ2n) is 5.77. The number of nitriles is 1. The summed E-state index contributed by atoms with van der Waals surface area (Å²) in [5, 5.41) is 13.0. The molecule has 2 heteroatoms. The molecule has 1 fully saturated rings. The Morgan fingerprint density at radius 3 is 2.33 bits per heavy atom. The maximum Gasteiger partial charge on any atom is 0.125 e. The van der Waals surface area contributed by atoms with Crippen LogP contribution in [-0.4, -0.2) is 5.54 Å². The molecule has 1 N–H and O–H groups in total. The maximum atomic E-state index is 9.52. The van der Waals surface area contributed by atoms with Crippen molar-refractivity contribution >= 4 is 5.69 Å². The molecule has 2 nitrogen and oxygen atoms in total. The van der Waals surface area contributed by atoms with E-state index < -0.39 is 0 Å². The SMILES string of the molecule is CC(C)C1CCC(C#N)(Nc2ccccc2)CC1. The summed E-state index contributed by atoms with van der Waals surface area (Å²) in [6.07, 6.45) is 4.23. The van der Waals surface area contributed by atoms with Crippen LogP contribution >= 0.6 is 0 Å². The van der Waals surface area contributed by atoms with Crippen molar-refractivity contribution in [1.29, 1.82) is 5.26 Å². The lowest BCUT2D eigenvalue weighted by molar-refractivity contribution is 0.239. The molecule has 2 rings (SSSR count). The molecular weight excluding hydrogens is 220 g/mol. The van der Waals surface area contributed by atoms with Crippen molar-refractivity contribution < 1.29 is 0 Å². The molecule has 0 atom stereocenters. The van der Waals surface area contributed by atoms with Gasteiger partial charge < -0.3 is 5.32 Å². The zero-order chi connectivity index (χ0) is 13.0. The highest BCUT2D eigenvalue weighted by Gasteiger charge is 2.36. The number of nitrogens with one attached hydrogen (secondary N) is 1. The van der Waals surface area contributed by atoms with Gasteiger partial charge in [-0.25, -0.2) is 0 Å². The first-order valence-corrected chi connectivity index (χ1v) is 6.90. The Balaban J connectivity index is 2.04. The van der Waals surface area contributed by atoms with Crippen LogP contribution in [-0.2, 0) is 0 Å². The fourth-order valence-corrected chi connectivity index (χ4v) is 2.86. The van der Waals surface area contributed by atoms with Crippen LogP contribution in [0, 0.1) is 23.2 Å². The Morgan fingerprint density at radius 1 is 1.22 bits per heavy atom. The third-order valence-corrected chi connectivity index (χ3v) is 4.20. The molecule has 0 amide bonds. The van der Waals surface area contributed by atoms with Gasteiger partial charge in [0.25, 0.3) is 0 Å². The van der Waals surface area contributed by atoms with Crippen LogP contribution in [0.4, 0.5) is 5.69 Å². The molecule has 0 bridgehead atoms. The minimum atomic E-state index is -0.354. The van der Waals surface area contributed by atoms with Gasteiger partial charge in [0.15, 0.2) is 0 Å². The molecule has 0 radical (unpaired) electrons. The van der Waals surface area contributed by atoms with Crippen molar-refractivity contribution in [3.05, 3.63) is 30.3 Å². The van der Waals surface area contributed by atoms with Crippen molar-refractivity contribution in [3.63, 3.8) is 0 Å². The Kier molecular flexibility index (Phi) is 3.91. The molecule has 0 spiro atoms. The van der Waals surface area contributed by atoms with E-state index in [0.29, 0.717) is 0 Å². The smallest absolute Gasteiger partial charge is 0.125 e. The van der Waals surface area contributed by atoms with Crippen molar-refractivity contribution in [2.45, 2.75) is 45.1 Å². The van der Waals surface area contributed by atoms with Crippen LogP contribution in [0.25, 0.3) is 0 Å². The average molecular weight is 242 g/mol. The molecule has 18 heavy (non-hydrogen) atoms. The van der Waals surface area contributed by atoms with E-state index in [4.69, 9.17) is 0 Å². The second kappa shape index (κ2) is 5.44. The van der Waals surface area contributed by atoms with Gasteiger partial charge in [0.1, 0.15) is 5.54 Å². The summed E-state index contributed by atoms with van der Waals surface area (Å²) < 4.78 is 0. The predicted octanol–water partition coefficient (Wildman–Crippen LogP) is 4.21. The fraction of sp³-hybridized carbons (Fsp3) is 0.562. The van der Waals surface area contributed by atoms with Gasteiger partial charge in [-0.05, 0) is 49.7 Å². The third kappa shape index (κ3) is 2.85. The molecule has 0 unspecified atom stereocenters. The Morgan fingerprint density at radius 2 is 1.83 bits per heavy atom. The van der Waals surface area contributed by atoms with Crippen molar-refractivity contribution in [2.75, 3.05) is 5.32 Å². The molecule has 0 saturated heterocycles. The molecule has 1 aromatic carbocycles. The van der Waals surface area contributed by atoms with Crippen LogP contribution in [0.3, 0.4) is 0 Å². The number of hydrogen-bond donors (Lipinski definition) is 1. The number of benzene rings is 1. The van der Waals surface area contributed by atoms with Crippen LogP contribution in [0.2, 0.25) is 0 Å². The van der Waals surface area contributed by atoms with Crippen molar-refractivity contribution in [2.24, 2.45) is 11.8 Å². The molecule has 0 aliphatic heterocycles. The molecule has 1 saturated carbocycles. The zero-order valence-electron chi connectivity index (χ0n) is 11.3. The minimum absolute atomic E-state index is 0.354. The van der Waals surface area contributed by atoms with Gasteiger partial charge in [0, 0.05) is 5.69 Å². The fourth-order valence-electron chi connectivity index (χ4n) is 2.86. The molecular formula is C16H22N2. The number of rotatable bonds is 3. The molecule has 1 aliphatic carbocycles. The van der Waals surface area contributed by atoms with E-state index in [2.05, 4.69) is 25.2 Å². The molecule has 0 heterocycles. The normalized spacial score (nSPS) is 27.8. The first kappa shape index (κ1) is 13.0. The van der Waals surface area contributed by atoms with Crippen LogP contribution in [0.5, 0.6) is 0 Å². The summed E-state index contributed by atoms with van der Waals surface area (Å²) in [6, 6.07) is 12.6. The Hall–Kier alpha value is -1.49. The first-order valence-electron chi connectivity index (χ1n) is 6.90. The average Bonchev–Trinajstić information content (AvgIpc) is 2.40. The number of nitrogens with zero attached hydrogens (tertiary/aromatic N) is 1. The van der Waals surface area contributed by atoms with Crippen molar-refractivity contribution in [1.82, 2.24) is 0 Å². The van der Waals surface area contributed by atoms with Gasteiger partial charge in [0.2, 0.25) is 0 Å². The molecule has 96 valence electrons. The van der Waals surface area contributed by atoms with Gasteiger partial charge in [-0.15, -0.1) is 0 Å². The standard InChI is InChI=1S/C16H22N2/c1-13(2)14-8-10-16(12-17,11-9-14)18-15-6-4-3-5-7-15/h3-7,13-14,18H,8-11H2,1-2H3. The number of hydrogen-bond acceptors (Lipinski definition) is 2. The molecule has 1 aliphatic rings. The van der Waals surface area contributed by atoms with Crippen LogP contribution in [0.1, 0.15) is 39.5 Å². The van der Waals surface area contributed by atoms with Gasteiger partial charge in [0.05, 0.1) is 6.07 Å². The topological polar surface area (TPSA) is 35.8 Å². The zero-order valence-corrected chi connectivity index (χ0v) is 11.3. The van der Waals surface area contributed by atoms with Gasteiger partial charge in [-0.3, -0.25) is 0 Å². The first-order chi connectivity index (χ1) is 8.65. The van der Waals surface area contributed by atoms with E-state index in [1.165, 1.54) is 0 Å². The van der Waals surface area contributed by atoms with E-state index >= 15 is 0 Å². The van der Waals surface area contributed by atoms with E-state index in [1.807, 2.05) is 30.3 Å². The lowest BCUT2D eigenvalue weighted by atomic mass is 9.73. The maximum absolute atomic E-state index is 9.52. The van der Waals surface area contributed by atoms with Crippen molar-refractivity contribution in [3.8, 4) is 6.07 Å². The summed E-state index contributed by atoms with van der Waals surface area (Å²) in [7, 11) is 0. The second-order valence-corrected chi connectivity index (χ2v) is 5.77. The molecule has 1 aromatic rings. The lowest BCUT2D eigenvalue weighted by Crippen LogP contribution is -2.41. The van der Waals surface area contributed by atoms with E-state index in [9.17, 15) is 5.26 Å².